The molecule has 25 heavy (non-hydrogen) atoms. The van der Waals surface area contributed by atoms with Gasteiger partial charge in [-0.3, -0.25) is 9.69 Å². The molecule has 1 aromatic heterocycles. The van der Waals surface area contributed by atoms with Crippen molar-refractivity contribution < 1.29 is 14.3 Å². The molecule has 0 aliphatic heterocycles. The third-order valence-electron chi connectivity index (χ3n) is 4.75. The molecular weight excluding hydrogens is 336 g/mol. The number of hydrogen-bond donors (Lipinski definition) is 0. The second-order valence-electron chi connectivity index (χ2n) is 6.31. The Labute approximate surface area is 152 Å². The number of rotatable bonds is 5. The first-order valence-electron chi connectivity index (χ1n) is 8.59. The molecule has 6 heteroatoms. The molecular formula is C19H24N2O3S. The number of aromatic nitrogens is 1. The minimum atomic E-state index is 0.137. The molecule has 3 rings (SSSR count). The maximum absolute atomic E-state index is 12.7. The summed E-state index contributed by atoms with van der Waals surface area (Å²) in [4.78, 5) is 19.1. The summed E-state index contributed by atoms with van der Waals surface area (Å²) in [6.07, 6.45) is 5.52. The van der Waals surface area contributed by atoms with Crippen LogP contribution in [0.3, 0.4) is 0 Å². The van der Waals surface area contributed by atoms with Crippen molar-refractivity contribution in [2.24, 2.45) is 5.92 Å². The van der Waals surface area contributed by atoms with E-state index in [1.165, 1.54) is 17.8 Å². The zero-order chi connectivity index (χ0) is 17.8. The first-order valence-corrected chi connectivity index (χ1v) is 9.47. The summed E-state index contributed by atoms with van der Waals surface area (Å²) in [6, 6.07) is 5.62. The van der Waals surface area contributed by atoms with Crippen LogP contribution in [0.2, 0.25) is 0 Å². The molecule has 1 aromatic carbocycles. The molecule has 0 radical (unpaired) electrons. The molecule has 5 nitrogen and oxygen atoms in total. The van der Waals surface area contributed by atoms with Gasteiger partial charge in [0.25, 0.3) is 0 Å². The van der Waals surface area contributed by atoms with E-state index in [0.717, 1.165) is 53.6 Å². The molecule has 1 aliphatic carbocycles. The van der Waals surface area contributed by atoms with Gasteiger partial charge >= 0.3 is 0 Å². The molecule has 0 bridgehead atoms. The molecule has 0 saturated heterocycles. The summed E-state index contributed by atoms with van der Waals surface area (Å²) >= 11 is 1.48. The number of carbonyl (C=O) groups is 1. The highest BCUT2D eigenvalue weighted by atomic mass is 32.1. The van der Waals surface area contributed by atoms with Crippen LogP contribution in [-0.4, -0.2) is 32.2 Å². The summed E-state index contributed by atoms with van der Waals surface area (Å²) in [5.74, 6) is 1.80. The van der Waals surface area contributed by atoms with Gasteiger partial charge in [-0.25, -0.2) is 4.98 Å². The summed E-state index contributed by atoms with van der Waals surface area (Å²) in [5, 5.41) is 2.67. The van der Waals surface area contributed by atoms with Crippen molar-refractivity contribution in [3.8, 4) is 22.8 Å². The largest absolute Gasteiger partial charge is 0.497 e. The van der Waals surface area contributed by atoms with Crippen molar-refractivity contribution in [2.75, 3.05) is 26.2 Å². The number of thiazole rings is 1. The van der Waals surface area contributed by atoms with Crippen molar-refractivity contribution >= 4 is 22.4 Å². The SMILES string of the molecule is COc1ccc(OC)c(-c2csc(N(C)C(=O)C3CCCCC3)n2)c1. The molecule has 1 amide bonds. The highest BCUT2D eigenvalue weighted by Crippen LogP contribution is 2.36. The van der Waals surface area contributed by atoms with Gasteiger partial charge in [-0.15, -0.1) is 11.3 Å². The normalized spacial score (nSPS) is 15.0. The van der Waals surface area contributed by atoms with Crippen LogP contribution in [0.15, 0.2) is 23.6 Å². The van der Waals surface area contributed by atoms with Crippen LogP contribution in [-0.2, 0) is 4.79 Å². The lowest BCUT2D eigenvalue weighted by Gasteiger charge is -2.24. The summed E-state index contributed by atoms with van der Waals surface area (Å²) < 4.78 is 10.7. The first-order chi connectivity index (χ1) is 12.1. The minimum Gasteiger partial charge on any atom is -0.497 e. The number of anilines is 1. The molecule has 1 heterocycles. The lowest BCUT2D eigenvalue weighted by Crippen LogP contribution is -2.33. The topological polar surface area (TPSA) is 51.7 Å². The van der Waals surface area contributed by atoms with Gasteiger partial charge in [-0.05, 0) is 31.0 Å². The number of ether oxygens (including phenoxy) is 2. The smallest absolute Gasteiger partial charge is 0.231 e. The number of carbonyl (C=O) groups excluding carboxylic acids is 1. The predicted octanol–water partition coefficient (Wildman–Crippen LogP) is 4.37. The second kappa shape index (κ2) is 7.87. The third-order valence-corrected chi connectivity index (χ3v) is 5.66. The Morgan fingerprint density at radius 3 is 2.64 bits per heavy atom. The summed E-state index contributed by atoms with van der Waals surface area (Å²) in [5.41, 5.74) is 1.65. The average Bonchev–Trinajstić information content (AvgIpc) is 3.17. The number of amides is 1. The van der Waals surface area contributed by atoms with Crippen LogP contribution in [0.4, 0.5) is 5.13 Å². The monoisotopic (exact) mass is 360 g/mol. The molecule has 0 N–H and O–H groups in total. The Balaban J connectivity index is 1.83. The molecule has 0 unspecified atom stereocenters. The third kappa shape index (κ3) is 3.79. The zero-order valence-electron chi connectivity index (χ0n) is 14.9. The van der Waals surface area contributed by atoms with Gasteiger partial charge in [0.15, 0.2) is 5.13 Å². The Bertz CT molecular complexity index is 738. The van der Waals surface area contributed by atoms with E-state index in [-0.39, 0.29) is 11.8 Å². The number of nitrogens with zero attached hydrogens (tertiary/aromatic N) is 2. The lowest BCUT2D eigenvalue weighted by molar-refractivity contribution is -0.123. The first kappa shape index (κ1) is 17.7. The average molecular weight is 360 g/mol. The fourth-order valence-electron chi connectivity index (χ4n) is 3.27. The highest BCUT2D eigenvalue weighted by Gasteiger charge is 2.26. The Kier molecular flexibility index (Phi) is 5.58. The van der Waals surface area contributed by atoms with E-state index >= 15 is 0 Å². The van der Waals surface area contributed by atoms with E-state index in [1.54, 1.807) is 19.1 Å². The lowest BCUT2D eigenvalue weighted by atomic mass is 9.88. The number of methoxy groups -OCH3 is 2. The fourth-order valence-corrected chi connectivity index (χ4v) is 4.07. The Morgan fingerprint density at radius 2 is 1.96 bits per heavy atom. The number of benzene rings is 1. The van der Waals surface area contributed by atoms with E-state index < -0.39 is 0 Å². The molecule has 1 fully saturated rings. The van der Waals surface area contributed by atoms with Gasteiger partial charge in [0.05, 0.1) is 19.9 Å². The van der Waals surface area contributed by atoms with Gasteiger partial charge in [-0.2, -0.15) is 0 Å². The van der Waals surface area contributed by atoms with E-state index in [9.17, 15) is 4.79 Å². The van der Waals surface area contributed by atoms with Crippen LogP contribution in [0.5, 0.6) is 11.5 Å². The minimum absolute atomic E-state index is 0.137. The van der Waals surface area contributed by atoms with Gasteiger partial charge in [0.1, 0.15) is 11.5 Å². The van der Waals surface area contributed by atoms with Crippen LogP contribution in [0.25, 0.3) is 11.3 Å². The van der Waals surface area contributed by atoms with E-state index in [1.807, 2.05) is 30.6 Å². The quantitative estimate of drug-likeness (QED) is 0.794. The molecule has 134 valence electrons. The van der Waals surface area contributed by atoms with E-state index in [0.29, 0.717) is 0 Å². The predicted molar refractivity (Wildman–Crippen MR) is 101 cm³/mol. The van der Waals surface area contributed by atoms with Crippen molar-refractivity contribution in [1.82, 2.24) is 4.98 Å². The molecule has 1 aliphatic rings. The molecule has 0 atom stereocenters. The van der Waals surface area contributed by atoms with Crippen molar-refractivity contribution in [3.05, 3.63) is 23.6 Å². The van der Waals surface area contributed by atoms with Crippen molar-refractivity contribution in [1.29, 1.82) is 0 Å². The number of hydrogen-bond acceptors (Lipinski definition) is 5. The fraction of sp³-hybridized carbons (Fsp3) is 0.474. The van der Waals surface area contributed by atoms with Gasteiger partial charge < -0.3 is 9.47 Å². The van der Waals surface area contributed by atoms with Gasteiger partial charge in [0.2, 0.25) is 5.91 Å². The van der Waals surface area contributed by atoms with Gasteiger partial charge in [0, 0.05) is 23.9 Å². The second-order valence-corrected chi connectivity index (χ2v) is 7.15. The zero-order valence-corrected chi connectivity index (χ0v) is 15.8. The van der Waals surface area contributed by atoms with Crippen molar-refractivity contribution in [2.45, 2.75) is 32.1 Å². The van der Waals surface area contributed by atoms with Crippen LogP contribution in [0.1, 0.15) is 32.1 Å². The van der Waals surface area contributed by atoms with Crippen LogP contribution < -0.4 is 14.4 Å². The van der Waals surface area contributed by atoms with E-state index in [4.69, 9.17) is 9.47 Å². The molecule has 0 spiro atoms. The molecule has 2 aromatic rings. The van der Waals surface area contributed by atoms with Crippen LogP contribution >= 0.6 is 11.3 Å². The Hall–Kier alpha value is -2.08. The summed E-state index contributed by atoms with van der Waals surface area (Å²) in [7, 11) is 5.09. The maximum Gasteiger partial charge on any atom is 0.231 e. The summed E-state index contributed by atoms with van der Waals surface area (Å²) in [6.45, 7) is 0. The molecule has 1 saturated carbocycles. The highest BCUT2D eigenvalue weighted by molar-refractivity contribution is 7.14. The van der Waals surface area contributed by atoms with E-state index in [2.05, 4.69) is 4.98 Å². The van der Waals surface area contributed by atoms with Crippen LogP contribution in [0, 0.1) is 5.92 Å². The van der Waals surface area contributed by atoms with Gasteiger partial charge in [-0.1, -0.05) is 19.3 Å². The standard InChI is InChI=1S/C19H24N2O3S/c1-21(18(22)13-7-5-4-6-8-13)19-20-16(12-25-19)15-11-14(23-2)9-10-17(15)24-3/h9-13H,4-8H2,1-3H3. The van der Waals surface area contributed by atoms with Crippen molar-refractivity contribution in [3.63, 3.8) is 0 Å². The Morgan fingerprint density at radius 1 is 1.20 bits per heavy atom. The maximum atomic E-state index is 12.7.